The van der Waals surface area contributed by atoms with E-state index in [-0.39, 0.29) is 30.6 Å². The van der Waals surface area contributed by atoms with Gasteiger partial charge in [-0.1, -0.05) is 23.7 Å². The molecule has 0 saturated carbocycles. The fourth-order valence-corrected chi connectivity index (χ4v) is 4.79. The number of anilines is 2. The maximum atomic E-state index is 14.0. The van der Waals surface area contributed by atoms with Gasteiger partial charge in [0.2, 0.25) is 0 Å². The van der Waals surface area contributed by atoms with Crippen LogP contribution in [0.15, 0.2) is 79.1 Å². The Kier molecular flexibility index (Phi) is 7.83. The smallest absolute Gasteiger partial charge is 0.163 e. The number of pyridine rings is 1. The van der Waals surface area contributed by atoms with Gasteiger partial charge in [-0.15, -0.1) is 24.8 Å². The van der Waals surface area contributed by atoms with E-state index in [0.29, 0.717) is 22.1 Å². The van der Waals surface area contributed by atoms with Gasteiger partial charge in [-0.2, -0.15) is 0 Å². The van der Waals surface area contributed by atoms with Crippen molar-refractivity contribution in [2.24, 2.45) is 0 Å². The monoisotopic (exact) mass is 554 g/mol. The molecule has 0 aliphatic carbocycles. The zero-order valence-electron chi connectivity index (χ0n) is 19.7. The number of nitrogens with zero attached hydrogens (tertiary/aromatic N) is 4. The van der Waals surface area contributed by atoms with Crippen molar-refractivity contribution in [1.82, 2.24) is 15.0 Å². The van der Waals surface area contributed by atoms with Crippen molar-refractivity contribution in [2.45, 2.75) is 6.42 Å². The number of methoxy groups -OCH3 is 1. The highest BCUT2D eigenvalue weighted by molar-refractivity contribution is 6.30. The number of benzene rings is 3. The third-order valence-electron chi connectivity index (χ3n) is 6.24. The lowest BCUT2D eigenvalue weighted by Gasteiger charge is -2.22. The molecule has 0 saturated heterocycles. The Morgan fingerprint density at radius 3 is 2.51 bits per heavy atom. The minimum absolute atomic E-state index is 0. The van der Waals surface area contributed by atoms with E-state index in [1.165, 1.54) is 17.7 Å². The lowest BCUT2D eigenvalue weighted by Crippen LogP contribution is -2.16. The fourth-order valence-electron chi connectivity index (χ4n) is 4.60. The molecule has 0 unspecified atom stereocenters. The Balaban J connectivity index is 0.00000160. The SMILES string of the molecule is COc1cc(-c2cccc(F)c2)cc2c(N3CCc4cc(Cl)ccc43)nc(-c3cccnc3)nc12.Cl.Cl. The van der Waals surface area contributed by atoms with Crippen molar-refractivity contribution >= 4 is 58.8 Å². The van der Waals surface area contributed by atoms with Crippen LogP contribution in [0.1, 0.15) is 5.56 Å². The number of hydrogen-bond acceptors (Lipinski definition) is 5. The van der Waals surface area contributed by atoms with Gasteiger partial charge >= 0.3 is 0 Å². The van der Waals surface area contributed by atoms with E-state index in [1.54, 1.807) is 25.6 Å². The van der Waals surface area contributed by atoms with Crippen molar-refractivity contribution in [3.8, 4) is 28.3 Å². The predicted octanol–water partition coefficient (Wildman–Crippen LogP) is 7.70. The number of aromatic nitrogens is 3. The zero-order valence-corrected chi connectivity index (χ0v) is 22.1. The average molecular weight is 556 g/mol. The summed E-state index contributed by atoms with van der Waals surface area (Å²) in [7, 11) is 1.61. The maximum absolute atomic E-state index is 14.0. The topological polar surface area (TPSA) is 51.1 Å². The summed E-state index contributed by atoms with van der Waals surface area (Å²) in [6.45, 7) is 0.751. The lowest BCUT2D eigenvalue weighted by molar-refractivity contribution is 0.419. The molecule has 37 heavy (non-hydrogen) atoms. The fraction of sp³-hybridized carbons (Fsp3) is 0.107. The normalized spacial score (nSPS) is 12.0. The van der Waals surface area contributed by atoms with Gasteiger partial charge in [0.1, 0.15) is 22.9 Å². The summed E-state index contributed by atoms with van der Waals surface area (Å²) in [5.74, 6) is 1.60. The van der Waals surface area contributed by atoms with Crippen LogP contribution in [-0.2, 0) is 6.42 Å². The second-order valence-electron chi connectivity index (χ2n) is 8.37. The molecular weight excluding hydrogens is 534 g/mol. The van der Waals surface area contributed by atoms with Crippen molar-refractivity contribution in [3.05, 3.63) is 95.5 Å². The molecule has 0 atom stereocenters. The quantitative estimate of drug-likeness (QED) is 0.227. The van der Waals surface area contributed by atoms with Gasteiger partial charge in [0.15, 0.2) is 5.82 Å². The number of rotatable bonds is 4. The number of ether oxygens (including phenoxy) is 1. The first kappa shape index (κ1) is 26.6. The Hall–Kier alpha value is -3.45. The van der Waals surface area contributed by atoms with Gasteiger partial charge in [-0.05, 0) is 77.7 Å². The molecule has 0 radical (unpaired) electrons. The minimum Gasteiger partial charge on any atom is -0.494 e. The van der Waals surface area contributed by atoms with Gasteiger partial charge < -0.3 is 9.64 Å². The third-order valence-corrected chi connectivity index (χ3v) is 6.47. The van der Waals surface area contributed by atoms with E-state index in [2.05, 4.69) is 9.88 Å². The molecule has 0 N–H and O–H groups in total. The Morgan fingerprint density at radius 1 is 0.919 bits per heavy atom. The highest BCUT2D eigenvalue weighted by Gasteiger charge is 2.26. The van der Waals surface area contributed by atoms with Crippen molar-refractivity contribution in [1.29, 1.82) is 0 Å². The molecule has 0 bridgehead atoms. The lowest BCUT2D eigenvalue weighted by atomic mass is 10.0. The molecular formula is C28H22Cl3FN4O. The van der Waals surface area contributed by atoms with E-state index < -0.39 is 0 Å². The third kappa shape index (κ3) is 4.92. The Labute approximate surface area is 231 Å². The van der Waals surface area contributed by atoms with Crippen molar-refractivity contribution in [3.63, 3.8) is 0 Å². The first-order chi connectivity index (χ1) is 17.1. The molecule has 1 aliphatic heterocycles. The van der Waals surface area contributed by atoms with Gasteiger partial charge in [-0.25, -0.2) is 14.4 Å². The van der Waals surface area contributed by atoms with Crippen LogP contribution in [0.2, 0.25) is 5.02 Å². The van der Waals surface area contributed by atoms with Crippen LogP contribution in [0, 0.1) is 5.82 Å². The predicted molar refractivity (Wildman–Crippen MR) is 151 cm³/mol. The second-order valence-corrected chi connectivity index (χ2v) is 8.81. The van der Waals surface area contributed by atoms with E-state index >= 15 is 0 Å². The number of fused-ring (bicyclic) bond motifs is 2. The van der Waals surface area contributed by atoms with Gasteiger partial charge in [0.25, 0.3) is 0 Å². The van der Waals surface area contributed by atoms with Gasteiger partial charge in [0.05, 0.1) is 7.11 Å². The molecule has 9 heteroatoms. The summed E-state index contributed by atoms with van der Waals surface area (Å²) in [6, 6.07) is 20.1. The molecule has 3 heterocycles. The second kappa shape index (κ2) is 10.9. The Morgan fingerprint density at radius 2 is 1.76 bits per heavy atom. The molecule has 5 nitrogen and oxygen atoms in total. The first-order valence-corrected chi connectivity index (χ1v) is 11.6. The van der Waals surface area contributed by atoms with E-state index in [9.17, 15) is 4.39 Å². The van der Waals surface area contributed by atoms with E-state index in [4.69, 9.17) is 26.3 Å². The molecule has 5 aromatic rings. The van der Waals surface area contributed by atoms with E-state index in [1.807, 2.05) is 48.5 Å². The molecule has 2 aromatic heterocycles. The standard InChI is InChI=1S/C28H20ClFN4O.2ClH/c1-35-25-15-20(17-4-2-6-22(30)13-17)14-23-26(25)32-27(19-5-3-10-31-16-19)33-28(23)34-11-9-18-12-21(29)7-8-24(18)34;;/h2-8,10,12-16H,9,11H2,1H3;2*1H. The van der Waals surface area contributed by atoms with E-state index in [0.717, 1.165) is 46.5 Å². The largest absolute Gasteiger partial charge is 0.494 e. The molecule has 0 amide bonds. The van der Waals surface area contributed by atoms with Crippen molar-refractivity contribution in [2.75, 3.05) is 18.6 Å². The maximum Gasteiger partial charge on any atom is 0.163 e. The summed E-state index contributed by atoms with van der Waals surface area (Å²) in [4.78, 5) is 16.3. The highest BCUT2D eigenvalue weighted by Crippen LogP contribution is 2.42. The van der Waals surface area contributed by atoms with Crippen LogP contribution >= 0.6 is 36.4 Å². The molecule has 188 valence electrons. The zero-order chi connectivity index (χ0) is 23.9. The molecule has 3 aromatic carbocycles. The van der Waals surface area contributed by atoms with Crippen LogP contribution in [0.5, 0.6) is 5.75 Å². The van der Waals surface area contributed by atoms with Crippen LogP contribution < -0.4 is 9.64 Å². The van der Waals surface area contributed by atoms with Crippen LogP contribution in [-0.4, -0.2) is 28.6 Å². The molecule has 1 aliphatic rings. The molecule has 0 fully saturated rings. The summed E-state index contributed by atoms with van der Waals surface area (Å²) in [5, 5.41) is 1.53. The van der Waals surface area contributed by atoms with Gasteiger partial charge in [-0.3, -0.25) is 4.98 Å². The van der Waals surface area contributed by atoms with Crippen LogP contribution in [0.3, 0.4) is 0 Å². The number of halogens is 4. The summed E-state index contributed by atoms with van der Waals surface area (Å²) < 4.78 is 19.8. The molecule has 0 spiro atoms. The first-order valence-electron chi connectivity index (χ1n) is 11.2. The minimum atomic E-state index is -0.296. The molecule has 6 rings (SSSR count). The average Bonchev–Trinajstić information content (AvgIpc) is 3.30. The van der Waals surface area contributed by atoms with Crippen molar-refractivity contribution < 1.29 is 9.13 Å². The van der Waals surface area contributed by atoms with Crippen LogP contribution in [0.4, 0.5) is 15.9 Å². The highest BCUT2D eigenvalue weighted by atomic mass is 35.5. The summed E-state index contributed by atoms with van der Waals surface area (Å²) in [5.41, 5.74) is 5.29. The number of hydrogen-bond donors (Lipinski definition) is 0. The Bertz CT molecular complexity index is 1580. The van der Waals surface area contributed by atoms with Gasteiger partial charge in [0, 0.05) is 40.6 Å². The summed E-state index contributed by atoms with van der Waals surface area (Å²) >= 11 is 6.26. The van der Waals surface area contributed by atoms with Crippen LogP contribution in [0.25, 0.3) is 33.4 Å². The summed E-state index contributed by atoms with van der Waals surface area (Å²) in [6.07, 6.45) is 4.32.